The number of imidazole rings is 1. The van der Waals surface area contributed by atoms with Gasteiger partial charge in [0.2, 0.25) is 5.91 Å². The number of hydrogen-bond acceptors (Lipinski definition) is 4. The molecule has 1 aliphatic heterocycles. The van der Waals surface area contributed by atoms with Gasteiger partial charge in [-0.1, -0.05) is 6.07 Å². The number of carbonyl (C=O) groups is 1. The van der Waals surface area contributed by atoms with Gasteiger partial charge < -0.3 is 9.72 Å². The van der Waals surface area contributed by atoms with Gasteiger partial charge in [-0.3, -0.25) is 9.36 Å². The number of pyridine rings is 1. The fourth-order valence-electron chi connectivity index (χ4n) is 3.42. The monoisotopic (exact) mass is 340 g/mol. The Labute approximate surface area is 143 Å². The van der Waals surface area contributed by atoms with Crippen molar-refractivity contribution in [1.82, 2.24) is 29.5 Å². The van der Waals surface area contributed by atoms with E-state index in [4.69, 9.17) is 0 Å². The highest BCUT2D eigenvalue weighted by Gasteiger charge is 2.20. The summed E-state index contributed by atoms with van der Waals surface area (Å²) in [6.45, 7) is 2.58. The Balaban J connectivity index is 1.42. The van der Waals surface area contributed by atoms with Crippen molar-refractivity contribution in [1.29, 1.82) is 0 Å². The summed E-state index contributed by atoms with van der Waals surface area (Å²) in [6.07, 6.45) is 6.15. The second-order valence-electron chi connectivity index (χ2n) is 6.50. The SMILES string of the molecule is Cc1cccn2c(CC(=O)NC3CCc4n[nH]c(=O)n4CC3)cnc12. The van der Waals surface area contributed by atoms with E-state index in [0.717, 1.165) is 35.6 Å². The minimum atomic E-state index is -0.178. The minimum absolute atomic E-state index is 0.0262. The zero-order valence-corrected chi connectivity index (χ0v) is 14.0. The predicted octanol–water partition coefficient (Wildman–Crippen LogP) is 0.591. The molecule has 1 unspecified atom stereocenters. The Morgan fingerprint density at radius 1 is 1.44 bits per heavy atom. The summed E-state index contributed by atoms with van der Waals surface area (Å²) in [5, 5.41) is 9.60. The van der Waals surface area contributed by atoms with Crippen molar-refractivity contribution in [2.24, 2.45) is 0 Å². The van der Waals surface area contributed by atoms with Crippen LogP contribution in [0.4, 0.5) is 0 Å². The van der Waals surface area contributed by atoms with Crippen LogP contribution in [0.5, 0.6) is 0 Å². The molecule has 4 rings (SSSR count). The standard InChI is InChI=1S/C17H20N6O2/c1-11-3-2-7-22-13(10-18-16(11)22)9-15(24)19-12-4-5-14-20-21-17(25)23(14)8-6-12/h2-3,7,10,12H,4-6,8-9H2,1H3,(H,19,24)(H,21,25). The van der Waals surface area contributed by atoms with E-state index < -0.39 is 0 Å². The third kappa shape index (κ3) is 2.95. The lowest BCUT2D eigenvalue weighted by Gasteiger charge is -2.15. The number of amides is 1. The molecule has 0 saturated carbocycles. The van der Waals surface area contributed by atoms with Crippen molar-refractivity contribution in [2.75, 3.05) is 0 Å². The first-order chi connectivity index (χ1) is 12.1. The van der Waals surface area contributed by atoms with Crippen LogP contribution in [0.2, 0.25) is 0 Å². The minimum Gasteiger partial charge on any atom is -0.353 e. The number of carbonyl (C=O) groups excluding carboxylic acids is 1. The number of aryl methyl sites for hydroxylation is 2. The highest BCUT2D eigenvalue weighted by Crippen LogP contribution is 2.13. The summed E-state index contributed by atoms with van der Waals surface area (Å²) in [4.78, 5) is 28.5. The molecule has 8 heteroatoms. The fourth-order valence-corrected chi connectivity index (χ4v) is 3.42. The van der Waals surface area contributed by atoms with Crippen molar-refractivity contribution in [3.63, 3.8) is 0 Å². The zero-order chi connectivity index (χ0) is 17.4. The van der Waals surface area contributed by atoms with Crippen LogP contribution in [0, 0.1) is 6.92 Å². The highest BCUT2D eigenvalue weighted by atomic mass is 16.2. The van der Waals surface area contributed by atoms with Gasteiger partial charge in [-0.25, -0.2) is 14.9 Å². The lowest BCUT2D eigenvalue weighted by atomic mass is 10.1. The molecule has 0 aromatic carbocycles. The molecule has 0 fully saturated rings. The number of rotatable bonds is 3. The summed E-state index contributed by atoms with van der Waals surface area (Å²) in [5.41, 5.74) is 2.65. The summed E-state index contributed by atoms with van der Waals surface area (Å²) < 4.78 is 3.61. The lowest BCUT2D eigenvalue weighted by Crippen LogP contribution is -2.36. The van der Waals surface area contributed by atoms with E-state index in [2.05, 4.69) is 20.5 Å². The van der Waals surface area contributed by atoms with E-state index in [-0.39, 0.29) is 24.1 Å². The number of nitrogens with one attached hydrogen (secondary N) is 2. The second kappa shape index (κ2) is 6.19. The molecule has 130 valence electrons. The molecule has 0 bridgehead atoms. The molecule has 1 amide bonds. The van der Waals surface area contributed by atoms with E-state index >= 15 is 0 Å². The summed E-state index contributed by atoms with van der Waals surface area (Å²) in [6, 6.07) is 4.01. The van der Waals surface area contributed by atoms with E-state index in [1.165, 1.54) is 0 Å². The Hall–Kier alpha value is -2.90. The molecule has 1 aliphatic rings. The fraction of sp³-hybridized carbons (Fsp3) is 0.412. The quantitative estimate of drug-likeness (QED) is 0.729. The number of hydrogen-bond donors (Lipinski definition) is 2. The molecule has 3 aromatic heterocycles. The average Bonchev–Trinajstić information content (AvgIpc) is 3.08. The van der Waals surface area contributed by atoms with Crippen molar-refractivity contribution in [2.45, 2.75) is 45.2 Å². The van der Waals surface area contributed by atoms with E-state index in [0.29, 0.717) is 13.0 Å². The number of fused-ring (bicyclic) bond motifs is 2. The summed E-state index contributed by atoms with van der Waals surface area (Å²) in [7, 11) is 0. The molecule has 1 atom stereocenters. The van der Waals surface area contributed by atoms with Crippen LogP contribution >= 0.6 is 0 Å². The summed E-state index contributed by atoms with van der Waals surface area (Å²) in [5.74, 6) is 0.737. The van der Waals surface area contributed by atoms with Crippen LogP contribution in [-0.4, -0.2) is 36.1 Å². The Morgan fingerprint density at radius 3 is 3.20 bits per heavy atom. The summed E-state index contributed by atoms with van der Waals surface area (Å²) >= 11 is 0. The van der Waals surface area contributed by atoms with Crippen molar-refractivity contribution >= 4 is 11.6 Å². The molecule has 0 saturated heterocycles. The lowest BCUT2D eigenvalue weighted by molar-refractivity contribution is -0.121. The number of H-pyrrole nitrogens is 1. The number of nitrogens with zero attached hydrogens (tertiary/aromatic N) is 4. The Bertz CT molecular complexity index is 983. The Kier molecular flexibility index (Phi) is 3.87. The van der Waals surface area contributed by atoms with E-state index in [9.17, 15) is 9.59 Å². The van der Waals surface area contributed by atoms with Crippen molar-refractivity contribution < 1.29 is 4.79 Å². The van der Waals surface area contributed by atoms with Gasteiger partial charge in [-0.2, -0.15) is 5.10 Å². The second-order valence-corrected chi connectivity index (χ2v) is 6.50. The third-order valence-electron chi connectivity index (χ3n) is 4.77. The molecule has 3 aromatic rings. The molecule has 4 heterocycles. The smallest absolute Gasteiger partial charge is 0.343 e. The van der Waals surface area contributed by atoms with Gasteiger partial charge in [0.05, 0.1) is 12.1 Å². The molecule has 0 aliphatic carbocycles. The molecule has 0 spiro atoms. The maximum Gasteiger partial charge on any atom is 0.343 e. The van der Waals surface area contributed by atoms with Gasteiger partial charge in [0.25, 0.3) is 0 Å². The molecule has 0 radical (unpaired) electrons. The number of aromatic nitrogens is 5. The van der Waals surface area contributed by atoms with Crippen LogP contribution in [0.25, 0.3) is 5.65 Å². The third-order valence-corrected chi connectivity index (χ3v) is 4.77. The maximum atomic E-state index is 12.5. The predicted molar refractivity (Wildman–Crippen MR) is 91.3 cm³/mol. The molecule has 2 N–H and O–H groups in total. The van der Waals surface area contributed by atoms with Gasteiger partial charge >= 0.3 is 5.69 Å². The van der Waals surface area contributed by atoms with Crippen LogP contribution < -0.4 is 11.0 Å². The van der Waals surface area contributed by atoms with E-state index in [1.807, 2.05) is 29.7 Å². The maximum absolute atomic E-state index is 12.5. The molecular formula is C17H20N6O2. The first-order valence-electron chi connectivity index (χ1n) is 8.47. The molecule has 25 heavy (non-hydrogen) atoms. The first-order valence-corrected chi connectivity index (χ1v) is 8.47. The van der Waals surface area contributed by atoms with Crippen molar-refractivity contribution in [3.8, 4) is 0 Å². The van der Waals surface area contributed by atoms with Crippen LogP contribution in [-0.2, 0) is 24.2 Å². The number of aromatic amines is 1. The normalized spacial score (nSPS) is 17.2. The average molecular weight is 340 g/mol. The van der Waals surface area contributed by atoms with Gasteiger partial charge in [0, 0.05) is 31.4 Å². The highest BCUT2D eigenvalue weighted by molar-refractivity contribution is 5.78. The largest absolute Gasteiger partial charge is 0.353 e. The van der Waals surface area contributed by atoms with Gasteiger partial charge in [0.15, 0.2) is 0 Å². The van der Waals surface area contributed by atoms with Gasteiger partial charge in [0.1, 0.15) is 11.5 Å². The molecular weight excluding hydrogens is 320 g/mol. The van der Waals surface area contributed by atoms with Crippen LogP contribution in [0.15, 0.2) is 29.3 Å². The van der Waals surface area contributed by atoms with E-state index in [1.54, 1.807) is 10.8 Å². The first kappa shape index (κ1) is 15.6. The van der Waals surface area contributed by atoms with Crippen LogP contribution in [0.1, 0.15) is 29.9 Å². The van der Waals surface area contributed by atoms with Crippen LogP contribution in [0.3, 0.4) is 0 Å². The van der Waals surface area contributed by atoms with Gasteiger partial charge in [-0.05, 0) is 31.4 Å². The Morgan fingerprint density at radius 2 is 2.32 bits per heavy atom. The zero-order valence-electron chi connectivity index (χ0n) is 14.0. The van der Waals surface area contributed by atoms with Crippen molar-refractivity contribution in [3.05, 3.63) is 52.1 Å². The van der Waals surface area contributed by atoms with Gasteiger partial charge in [-0.15, -0.1) is 0 Å². The molecule has 8 nitrogen and oxygen atoms in total. The topological polar surface area (TPSA) is 97.1 Å².